The largest absolute Gasteiger partial charge is 0.481 e. The Morgan fingerprint density at radius 1 is 0.671 bits per heavy atom. The minimum Gasteiger partial charge on any atom is -0.481 e. The van der Waals surface area contributed by atoms with Crippen molar-refractivity contribution in [3.63, 3.8) is 0 Å². The van der Waals surface area contributed by atoms with Gasteiger partial charge in [0.15, 0.2) is 0 Å². The summed E-state index contributed by atoms with van der Waals surface area (Å²) < 4.78 is 11.8. The van der Waals surface area contributed by atoms with Crippen molar-refractivity contribution < 1.29 is 57.6 Å². The summed E-state index contributed by atoms with van der Waals surface area (Å²) in [6.07, 6.45) is 3.80. The number of primary amides is 1. The molecule has 378 valence electrons. The highest BCUT2D eigenvalue weighted by Crippen LogP contribution is 2.20. The number of carbonyl (C=O) groups is 9. The maximum Gasteiger partial charge on any atom is 0.326 e. The molecule has 14 N–H and O–H groups in total. The number of nitrogens with zero attached hydrogens (tertiary/aromatic N) is 1. The predicted octanol–water partition coefficient (Wildman–Crippen LogP) is -1.21. The van der Waals surface area contributed by atoms with E-state index in [0.29, 0.717) is 16.8 Å². The molecule has 23 nitrogen and oxygen atoms in total. The fourth-order valence-electron chi connectivity index (χ4n) is 7.31. The van der Waals surface area contributed by atoms with Crippen molar-refractivity contribution in [3.05, 3.63) is 90.1 Å². The lowest BCUT2D eigenvalue weighted by molar-refractivity contribution is -0.142. The Kier molecular flexibility index (Phi) is 21.2. The Balaban J connectivity index is 1.63. The Morgan fingerprint density at radius 2 is 1.21 bits per heavy atom. The molecule has 7 amide bonds. The maximum atomic E-state index is 14.4. The first-order valence-corrected chi connectivity index (χ1v) is 24.1. The van der Waals surface area contributed by atoms with Crippen LogP contribution in [0.4, 0.5) is 0 Å². The standard InChI is InChI=1S/C46H61N11O12S/c1-25(2)17-33(54-42(63)34(18-26-9-5-4-6-10-26)55-45(66)37(21-39(59)60)53-40(61)30(47)13-14-38(48)58)41(62)57-36(20-28-23-49-24-51-28)44(65)56-35(19-27-22-50-31-12-8-7-11-29(27)31)43(64)52-32(46(67)68)15-16-70(3)69/h4-12,22-25,30,32-37,50H,13-21,47H2,1-3H3,(H2,48,58)(H,49,51)(H,52,64)(H,53,61)(H,54,63)(H,55,66)(H,56,65)(H,57,62)(H,59,60)(H,67,68)/t30-,32-,33-,34-,35-,36-,37-,70?/m0/s1. The van der Waals surface area contributed by atoms with Crippen LogP contribution in [0.2, 0.25) is 0 Å². The number of benzene rings is 2. The summed E-state index contributed by atoms with van der Waals surface area (Å²) >= 11 is 0. The molecule has 1 unspecified atom stereocenters. The Bertz CT molecular complexity index is 2480. The minimum atomic E-state index is -1.73. The van der Waals surface area contributed by atoms with Crippen LogP contribution in [0.1, 0.15) is 62.8 Å². The monoisotopic (exact) mass is 991 g/mol. The van der Waals surface area contributed by atoms with Gasteiger partial charge in [-0.25, -0.2) is 9.78 Å². The number of carbonyl (C=O) groups excluding carboxylic acids is 7. The van der Waals surface area contributed by atoms with Gasteiger partial charge in [0.2, 0.25) is 41.4 Å². The first kappa shape index (κ1) is 55.1. The van der Waals surface area contributed by atoms with Crippen LogP contribution in [-0.4, -0.2) is 137 Å². The molecule has 4 aromatic rings. The van der Waals surface area contributed by atoms with Gasteiger partial charge in [-0.2, -0.15) is 0 Å². The van der Waals surface area contributed by atoms with E-state index in [0.717, 1.165) is 10.9 Å². The number of nitrogens with two attached hydrogens (primary N) is 2. The van der Waals surface area contributed by atoms with Crippen LogP contribution < -0.4 is 43.4 Å². The highest BCUT2D eigenvalue weighted by atomic mass is 32.2. The predicted molar refractivity (Wildman–Crippen MR) is 255 cm³/mol. The van der Waals surface area contributed by atoms with Gasteiger partial charge in [-0.1, -0.05) is 62.4 Å². The molecule has 0 radical (unpaired) electrons. The van der Waals surface area contributed by atoms with E-state index in [2.05, 4.69) is 46.9 Å². The van der Waals surface area contributed by atoms with Crippen molar-refractivity contribution >= 4 is 75.0 Å². The number of nitrogens with one attached hydrogen (secondary N) is 8. The molecular formula is C46H61N11O12S. The molecule has 24 heteroatoms. The Hall–Kier alpha value is -7.47. The average Bonchev–Trinajstić information content (AvgIpc) is 3.98. The van der Waals surface area contributed by atoms with Crippen molar-refractivity contribution in [1.82, 2.24) is 46.9 Å². The molecule has 8 atom stereocenters. The van der Waals surface area contributed by atoms with Crippen LogP contribution in [-0.2, 0) is 73.2 Å². The molecular weight excluding hydrogens is 931 g/mol. The normalized spacial score (nSPS) is 14.6. The summed E-state index contributed by atoms with van der Waals surface area (Å²) in [6, 6.07) is 5.43. The summed E-state index contributed by atoms with van der Waals surface area (Å²) in [5.41, 5.74) is 13.3. The quantitative estimate of drug-likeness (QED) is 0.0304. The minimum absolute atomic E-state index is 0.00752. The van der Waals surface area contributed by atoms with Crippen molar-refractivity contribution in [2.45, 2.75) is 108 Å². The first-order valence-electron chi connectivity index (χ1n) is 22.4. The second-order valence-corrected chi connectivity index (χ2v) is 18.7. The lowest BCUT2D eigenvalue weighted by atomic mass is 9.99. The third kappa shape index (κ3) is 17.9. The van der Waals surface area contributed by atoms with E-state index < -0.39 is 113 Å². The number of aromatic amines is 2. The zero-order valence-electron chi connectivity index (χ0n) is 38.9. The second kappa shape index (κ2) is 26.9. The van der Waals surface area contributed by atoms with Crippen LogP contribution in [0.3, 0.4) is 0 Å². The van der Waals surface area contributed by atoms with E-state index in [1.54, 1.807) is 68.6 Å². The van der Waals surface area contributed by atoms with Crippen molar-refractivity contribution in [3.8, 4) is 0 Å². The Labute approximate surface area is 405 Å². The van der Waals surface area contributed by atoms with Crippen LogP contribution in [0.25, 0.3) is 10.9 Å². The number of aliphatic carboxylic acids is 2. The number of aromatic nitrogens is 3. The summed E-state index contributed by atoms with van der Waals surface area (Å²) in [5.74, 6) is -9.35. The molecule has 4 rings (SSSR count). The Morgan fingerprint density at radius 3 is 1.79 bits per heavy atom. The first-order chi connectivity index (χ1) is 33.2. The summed E-state index contributed by atoms with van der Waals surface area (Å²) in [5, 5.41) is 35.5. The molecule has 70 heavy (non-hydrogen) atoms. The maximum absolute atomic E-state index is 14.4. The fourth-order valence-corrected chi connectivity index (χ4v) is 7.88. The number of hydrogen-bond donors (Lipinski definition) is 12. The fraction of sp³-hybridized carbons (Fsp3) is 0.435. The van der Waals surface area contributed by atoms with Gasteiger partial charge < -0.3 is 63.5 Å². The molecule has 0 saturated carbocycles. The molecule has 2 aromatic heterocycles. The summed E-state index contributed by atoms with van der Waals surface area (Å²) in [4.78, 5) is 129. The summed E-state index contributed by atoms with van der Waals surface area (Å²) in [7, 11) is -1.37. The van der Waals surface area contributed by atoms with E-state index in [4.69, 9.17) is 11.5 Å². The zero-order valence-corrected chi connectivity index (χ0v) is 39.7. The number of rotatable bonds is 29. The third-order valence-electron chi connectivity index (χ3n) is 11.0. The molecule has 0 aliphatic carbocycles. The van der Waals surface area contributed by atoms with Crippen molar-refractivity contribution in [2.24, 2.45) is 17.4 Å². The third-order valence-corrected chi connectivity index (χ3v) is 11.8. The molecule has 0 aliphatic rings. The molecule has 0 aliphatic heterocycles. The number of carboxylic acid groups (broad SMARTS) is 2. The smallest absolute Gasteiger partial charge is 0.326 e. The zero-order chi connectivity index (χ0) is 51.5. The van der Waals surface area contributed by atoms with Gasteiger partial charge in [0, 0.05) is 77.5 Å². The molecule has 0 bridgehead atoms. The van der Waals surface area contributed by atoms with E-state index in [1.165, 1.54) is 18.8 Å². The SMILES string of the molecule is CC(C)C[C@H](NC(=O)[C@H](Cc1ccccc1)NC(=O)[C@H](CC(=O)O)NC(=O)[C@@H](N)CCC(N)=O)C(=O)N[C@@H](Cc1cnc[nH]1)C(=O)N[C@@H](Cc1c[nH]c2ccccc12)C(=O)N[C@@H](CCS(C)=O)C(=O)O. The molecule has 2 heterocycles. The molecule has 0 fully saturated rings. The van der Waals surface area contributed by atoms with Crippen LogP contribution >= 0.6 is 0 Å². The number of amides is 7. The van der Waals surface area contributed by atoms with E-state index >= 15 is 0 Å². The van der Waals surface area contributed by atoms with Gasteiger partial charge in [-0.3, -0.25) is 42.6 Å². The van der Waals surface area contributed by atoms with Crippen LogP contribution in [0.5, 0.6) is 0 Å². The van der Waals surface area contributed by atoms with Gasteiger partial charge in [0.25, 0.3) is 0 Å². The van der Waals surface area contributed by atoms with E-state index in [1.807, 2.05) is 6.07 Å². The van der Waals surface area contributed by atoms with Gasteiger partial charge >= 0.3 is 11.9 Å². The lowest BCUT2D eigenvalue weighted by Gasteiger charge is -2.28. The molecule has 0 spiro atoms. The van der Waals surface area contributed by atoms with Crippen molar-refractivity contribution in [2.75, 3.05) is 12.0 Å². The second-order valence-electron chi connectivity index (χ2n) is 17.1. The van der Waals surface area contributed by atoms with Gasteiger partial charge in [-0.05, 0) is 42.4 Å². The topological polar surface area (TPSA) is 380 Å². The summed E-state index contributed by atoms with van der Waals surface area (Å²) in [6.45, 7) is 3.54. The number of para-hydroxylation sites is 1. The van der Waals surface area contributed by atoms with Gasteiger partial charge in [-0.15, -0.1) is 0 Å². The molecule has 2 aromatic carbocycles. The number of hydrogen-bond acceptors (Lipinski definition) is 12. The number of imidazole rings is 1. The van der Waals surface area contributed by atoms with Crippen LogP contribution in [0, 0.1) is 5.92 Å². The number of fused-ring (bicyclic) bond motifs is 1. The van der Waals surface area contributed by atoms with Gasteiger partial charge in [0.05, 0.1) is 18.8 Å². The van der Waals surface area contributed by atoms with Crippen molar-refractivity contribution in [1.29, 1.82) is 0 Å². The van der Waals surface area contributed by atoms with Crippen LogP contribution in [0.15, 0.2) is 73.3 Å². The highest BCUT2D eigenvalue weighted by Gasteiger charge is 2.35. The average molecular weight is 992 g/mol. The lowest BCUT2D eigenvalue weighted by Crippen LogP contribution is -2.60. The molecule has 0 saturated heterocycles. The van der Waals surface area contributed by atoms with Gasteiger partial charge in [0.1, 0.15) is 36.3 Å². The number of carboxylic acids is 2. The van der Waals surface area contributed by atoms with E-state index in [9.17, 15) is 57.6 Å². The number of H-pyrrole nitrogens is 2. The highest BCUT2D eigenvalue weighted by molar-refractivity contribution is 7.84. The van der Waals surface area contributed by atoms with E-state index in [-0.39, 0.29) is 56.6 Å².